The van der Waals surface area contributed by atoms with Crippen molar-refractivity contribution < 1.29 is 13.2 Å². The van der Waals surface area contributed by atoms with Crippen molar-refractivity contribution in [3.63, 3.8) is 0 Å². The van der Waals surface area contributed by atoms with Crippen molar-refractivity contribution in [2.24, 2.45) is 5.14 Å². The van der Waals surface area contributed by atoms with Gasteiger partial charge in [0.25, 0.3) is 0 Å². The summed E-state index contributed by atoms with van der Waals surface area (Å²) in [4.78, 5) is 14.5. The first-order chi connectivity index (χ1) is 8.25. The zero-order chi connectivity index (χ0) is 13.9. The fraction of sp³-hybridized carbons (Fsp3) is 0.545. The lowest BCUT2D eigenvalue weighted by Crippen LogP contribution is -2.37. The molecule has 102 valence electrons. The second-order valence-corrected chi connectivity index (χ2v) is 7.17. The highest BCUT2D eigenvalue weighted by atomic mass is 32.2. The number of carbonyl (C=O) groups is 1. The van der Waals surface area contributed by atoms with Crippen molar-refractivity contribution in [3.8, 4) is 0 Å². The number of carbonyl (C=O) groups excluding carboxylic acids is 1. The molecule has 0 aliphatic heterocycles. The number of likely N-dealkylation sites (N-methyl/N-ethyl adjacent to an activating group) is 1. The Morgan fingerprint density at radius 1 is 1.44 bits per heavy atom. The van der Waals surface area contributed by atoms with Gasteiger partial charge >= 0.3 is 0 Å². The van der Waals surface area contributed by atoms with Crippen LogP contribution in [0.25, 0.3) is 0 Å². The third-order valence-corrected chi connectivity index (χ3v) is 5.05. The van der Waals surface area contributed by atoms with E-state index in [1.165, 1.54) is 6.07 Å². The number of nitrogens with zero attached hydrogens (tertiary/aromatic N) is 1. The Balaban J connectivity index is 2.80. The van der Waals surface area contributed by atoms with Gasteiger partial charge in [-0.3, -0.25) is 4.79 Å². The quantitative estimate of drug-likeness (QED) is 0.884. The summed E-state index contributed by atoms with van der Waals surface area (Å²) in [7, 11) is -3.67. The highest BCUT2D eigenvalue weighted by Gasteiger charge is 2.18. The minimum Gasteiger partial charge on any atom is -0.340 e. The van der Waals surface area contributed by atoms with Gasteiger partial charge in [-0.15, -0.1) is 11.3 Å². The van der Waals surface area contributed by atoms with Gasteiger partial charge in [0.05, 0.1) is 6.42 Å². The van der Waals surface area contributed by atoms with E-state index in [0.29, 0.717) is 11.4 Å². The SMILES string of the molecule is CCN(C(=O)Cc1ccc(S(N)(=O)=O)s1)C(C)C. The summed E-state index contributed by atoms with van der Waals surface area (Å²) in [6, 6.07) is 3.21. The molecule has 0 spiro atoms. The number of amides is 1. The summed E-state index contributed by atoms with van der Waals surface area (Å²) in [6.45, 7) is 6.46. The van der Waals surface area contributed by atoms with Crippen LogP contribution < -0.4 is 5.14 Å². The minimum absolute atomic E-state index is 0.00433. The highest BCUT2D eigenvalue weighted by Crippen LogP contribution is 2.21. The van der Waals surface area contributed by atoms with Crippen LogP contribution in [0.3, 0.4) is 0 Å². The Morgan fingerprint density at radius 3 is 2.44 bits per heavy atom. The first-order valence-corrected chi connectivity index (χ1v) is 8.03. The van der Waals surface area contributed by atoms with Crippen LogP contribution >= 0.6 is 11.3 Å². The van der Waals surface area contributed by atoms with Gasteiger partial charge in [-0.25, -0.2) is 13.6 Å². The van der Waals surface area contributed by atoms with Crippen LogP contribution in [0.2, 0.25) is 0 Å². The van der Waals surface area contributed by atoms with Crippen molar-refractivity contribution in [2.45, 2.75) is 37.4 Å². The van der Waals surface area contributed by atoms with E-state index in [4.69, 9.17) is 5.14 Å². The molecule has 18 heavy (non-hydrogen) atoms. The Kier molecular flexibility index (Phi) is 4.89. The predicted molar refractivity (Wildman–Crippen MR) is 71.9 cm³/mol. The third-order valence-electron chi connectivity index (χ3n) is 2.53. The molecule has 0 bridgehead atoms. The van der Waals surface area contributed by atoms with Crippen molar-refractivity contribution in [1.82, 2.24) is 4.90 Å². The Labute approximate surface area is 112 Å². The molecule has 0 aliphatic rings. The predicted octanol–water partition coefficient (Wildman–Crippen LogP) is 1.19. The second kappa shape index (κ2) is 5.81. The number of hydrogen-bond donors (Lipinski definition) is 1. The average Bonchev–Trinajstić information content (AvgIpc) is 2.65. The van der Waals surface area contributed by atoms with Gasteiger partial charge in [0, 0.05) is 17.5 Å². The average molecular weight is 290 g/mol. The van der Waals surface area contributed by atoms with Crippen LogP contribution in [0.1, 0.15) is 25.6 Å². The van der Waals surface area contributed by atoms with Gasteiger partial charge in [0.2, 0.25) is 15.9 Å². The van der Waals surface area contributed by atoms with Gasteiger partial charge in [-0.05, 0) is 32.9 Å². The molecular weight excluding hydrogens is 272 g/mol. The molecule has 1 aromatic heterocycles. The highest BCUT2D eigenvalue weighted by molar-refractivity contribution is 7.91. The molecule has 1 heterocycles. The maximum Gasteiger partial charge on any atom is 0.247 e. The smallest absolute Gasteiger partial charge is 0.247 e. The molecule has 0 aromatic carbocycles. The van der Waals surface area contributed by atoms with E-state index < -0.39 is 10.0 Å². The molecule has 0 fully saturated rings. The standard InChI is InChI=1S/C11H18N2O3S2/c1-4-13(8(2)3)10(14)7-9-5-6-11(17-9)18(12,15)16/h5-6,8H,4,7H2,1-3H3,(H2,12,15,16). The second-order valence-electron chi connectivity index (χ2n) is 4.22. The van der Waals surface area contributed by atoms with Gasteiger partial charge < -0.3 is 4.90 Å². The Hall–Kier alpha value is -0.920. The van der Waals surface area contributed by atoms with Crippen LogP contribution in [0.15, 0.2) is 16.3 Å². The maximum atomic E-state index is 12.0. The van der Waals surface area contributed by atoms with E-state index in [1.54, 1.807) is 11.0 Å². The molecular formula is C11H18N2O3S2. The molecule has 5 nitrogen and oxygen atoms in total. The fourth-order valence-corrected chi connectivity index (χ4v) is 3.46. The topological polar surface area (TPSA) is 80.5 Å². The normalized spacial score (nSPS) is 11.8. The molecule has 0 radical (unpaired) electrons. The van der Waals surface area contributed by atoms with E-state index in [-0.39, 0.29) is 22.6 Å². The first-order valence-electron chi connectivity index (χ1n) is 5.66. The van der Waals surface area contributed by atoms with Crippen LogP contribution in [0, 0.1) is 0 Å². The lowest BCUT2D eigenvalue weighted by molar-refractivity contribution is -0.131. The maximum absolute atomic E-state index is 12.0. The molecule has 0 saturated heterocycles. The number of rotatable bonds is 5. The minimum atomic E-state index is -3.67. The lowest BCUT2D eigenvalue weighted by Gasteiger charge is -2.24. The van der Waals surface area contributed by atoms with E-state index >= 15 is 0 Å². The molecule has 0 atom stereocenters. The Bertz CT molecular complexity index is 520. The third kappa shape index (κ3) is 3.79. The van der Waals surface area contributed by atoms with E-state index in [2.05, 4.69) is 0 Å². The van der Waals surface area contributed by atoms with Crippen LogP contribution in [-0.4, -0.2) is 31.8 Å². The monoisotopic (exact) mass is 290 g/mol. The summed E-state index contributed by atoms with van der Waals surface area (Å²) >= 11 is 1.05. The van der Waals surface area contributed by atoms with Crippen LogP contribution in [-0.2, 0) is 21.2 Å². The van der Waals surface area contributed by atoms with Crippen molar-refractivity contribution in [3.05, 3.63) is 17.0 Å². The first kappa shape index (κ1) is 15.1. The van der Waals surface area contributed by atoms with Crippen LogP contribution in [0.4, 0.5) is 0 Å². The van der Waals surface area contributed by atoms with Crippen molar-refractivity contribution in [2.75, 3.05) is 6.54 Å². The summed E-state index contributed by atoms with van der Waals surface area (Å²) in [6.07, 6.45) is 0.214. The molecule has 0 saturated carbocycles. The van der Waals surface area contributed by atoms with E-state index in [9.17, 15) is 13.2 Å². The summed E-state index contributed by atoms with van der Waals surface area (Å²) in [5, 5.41) is 5.02. The van der Waals surface area contributed by atoms with E-state index in [1.807, 2.05) is 20.8 Å². The van der Waals surface area contributed by atoms with Gasteiger partial charge in [-0.1, -0.05) is 0 Å². The molecule has 1 aromatic rings. The summed E-state index contributed by atoms with van der Waals surface area (Å²) < 4.78 is 22.3. The largest absolute Gasteiger partial charge is 0.340 e. The summed E-state index contributed by atoms with van der Waals surface area (Å²) in [5.41, 5.74) is 0. The number of hydrogen-bond acceptors (Lipinski definition) is 4. The van der Waals surface area contributed by atoms with Crippen molar-refractivity contribution in [1.29, 1.82) is 0 Å². The fourth-order valence-electron chi connectivity index (χ4n) is 1.69. The number of sulfonamides is 1. The van der Waals surface area contributed by atoms with Crippen LogP contribution in [0.5, 0.6) is 0 Å². The number of nitrogens with two attached hydrogens (primary N) is 1. The van der Waals surface area contributed by atoms with Crippen molar-refractivity contribution >= 4 is 27.3 Å². The van der Waals surface area contributed by atoms with Gasteiger partial charge in [0.15, 0.2) is 0 Å². The van der Waals surface area contributed by atoms with Gasteiger partial charge in [-0.2, -0.15) is 0 Å². The number of primary sulfonamides is 1. The van der Waals surface area contributed by atoms with E-state index in [0.717, 1.165) is 11.3 Å². The molecule has 1 rings (SSSR count). The number of thiophene rings is 1. The Morgan fingerprint density at radius 2 is 2.06 bits per heavy atom. The lowest BCUT2D eigenvalue weighted by atomic mass is 10.2. The molecule has 0 unspecified atom stereocenters. The zero-order valence-electron chi connectivity index (χ0n) is 10.7. The molecule has 1 amide bonds. The molecule has 7 heteroatoms. The van der Waals surface area contributed by atoms with Gasteiger partial charge in [0.1, 0.15) is 4.21 Å². The molecule has 0 aliphatic carbocycles. The molecule has 2 N–H and O–H groups in total. The summed E-state index contributed by atoms with van der Waals surface area (Å²) in [5.74, 6) is -0.00433. The zero-order valence-corrected chi connectivity index (χ0v) is 12.3.